The number of sulfonamides is 1. The van der Waals surface area contributed by atoms with Crippen molar-refractivity contribution in [2.45, 2.75) is 18.7 Å². The van der Waals surface area contributed by atoms with Gasteiger partial charge in [-0.15, -0.1) is 0 Å². The maximum Gasteiger partial charge on any atom is 0.264 e. The SMILES string of the molecule is Cc1cc(C)nc(NS(=O)(=O)c2ccc(NC(=O)c3ccccc3Oc3ccccc3)cc2)n1. The van der Waals surface area contributed by atoms with Crippen LogP contribution in [0.25, 0.3) is 0 Å². The van der Waals surface area contributed by atoms with E-state index in [0.717, 1.165) is 0 Å². The number of aryl methyl sites for hydroxylation is 2. The van der Waals surface area contributed by atoms with Gasteiger partial charge >= 0.3 is 0 Å². The topological polar surface area (TPSA) is 110 Å². The third kappa shape index (κ3) is 5.57. The zero-order valence-electron chi connectivity index (χ0n) is 18.5. The average Bonchev–Trinajstić information content (AvgIpc) is 2.79. The van der Waals surface area contributed by atoms with Crippen molar-refractivity contribution in [3.05, 3.63) is 102 Å². The molecule has 0 saturated carbocycles. The van der Waals surface area contributed by atoms with Gasteiger partial charge in [-0.1, -0.05) is 30.3 Å². The van der Waals surface area contributed by atoms with Gasteiger partial charge in [-0.3, -0.25) is 4.79 Å². The predicted molar refractivity (Wildman–Crippen MR) is 130 cm³/mol. The van der Waals surface area contributed by atoms with Crippen LogP contribution in [0.3, 0.4) is 0 Å². The van der Waals surface area contributed by atoms with Crippen LogP contribution in [0, 0.1) is 13.8 Å². The Morgan fingerprint density at radius 3 is 2.12 bits per heavy atom. The number of hydrogen-bond donors (Lipinski definition) is 2. The molecular weight excluding hydrogens is 452 g/mol. The first-order valence-electron chi connectivity index (χ1n) is 10.4. The molecule has 2 N–H and O–H groups in total. The summed E-state index contributed by atoms with van der Waals surface area (Å²) in [6, 6.07) is 23.6. The molecule has 0 spiro atoms. The predicted octanol–water partition coefficient (Wildman–Crippen LogP) is 4.94. The molecule has 4 rings (SSSR count). The summed E-state index contributed by atoms with van der Waals surface area (Å²) in [4.78, 5) is 21.1. The van der Waals surface area contributed by atoms with E-state index in [-0.39, 0.29) is 16.8 Å². The second-order valence-electron chi connectivity index (χ2n) is 7.47. The third-order valence-electron chi connectivity index (χ3n) is 4.73. The molecule has 1 aromatic heterocycles. The van der Waals surface area contributed by atoms with Crippen molar-refractivity contribution in [2.24, 2.45) is 0 Å². The van der Waals surface area contributed by atoms with Crippen LogP contribution >= 0.6 is 0 Å². The molecule has 9 heteroatoms. The number of ether oxygens (including phenoxy) is 1. The number of carbonyl (C=O) groups excluding carboxylic acids is 1. The molecule has 172 valence electrons. The summed E-state index contributed by atoms with van der Waals surface area (Å²) in [5.41, 5.74) is 2.08. The van der Waals surface area contributed by atoms with E-state index in [1.807, 2.05) is 18.2 Å². The molecule has 0 unspecified atom stereocenters. The lowest BCUT2D eigenvalue weighted by Crippen LogP contribution is -2.16. The lowest BCUT2D eigenvalue weighted by Gasteiger charge is -2.12. The van der Waals surface area contributed by atoms with Crippen LogP contribution in [0.2, 0.25) is 0 Å². The van der Waals surface area contributed by atoms with E-state index in [1.54, 1.807) is 56.3 Å². The van der Waals surface area contributed by atoms with E-state index in [0.29, 0.717) is 34.1 Å². The number of anilines is 2. The fraction of sp³-hybridized carbons (Fsp3) is 0.0800. The van der Waals surface area contributed by atoms with Crippen LogP contribution in [0.15, 0.2) is 89.8 Å². The fourth-order valence-electron chi connectivity index (χ4n) is 3.23. The highest BCUT2D eigenvalue weighted by Crippen LogP contribution is 2.26. The minimum absolute atomic E-state index is 0.00454. The Bertz CT molecular complexity index is 1400. The summed E-state index contributed by atoms with van der Waals surface area (Å²) < 4.78 is 33.6. The second kappa shape index (κ2) is 9.72. The number of nitrogens with zero attached hydrogens (tertiary/aromatic N) is 2. The first kappa shape index (κ1) is 22.9. The monoisotopic (exact) mass is 474 g/mol. The normalized spacial score (nSPS) is 11.0. The maximum atomic E-state index is 12.9. The smallest absolute Gasteiger partial charge is 0.264 e. The molecule has 0 aliphatic rings. The standard InChI is InChI=1S/C25H22N4O4S/c1-17-16-18(2)27-25(26-17)29-34(31,32)21-14-12-19(13-15-21)28-24(30)22-10-6-7-11-23(22)33-20-8-4-3-5-9-20/h3-16H,1-2H3,(H,28,30)(H,26,27,29). The molecular formula is C25H22N4O4S. The molecule has 34 heavy (non-hydrogen) atoms. The van der Waals surface area contributed by atoms with Crippen LogP contribution in [-0.2, 0) is 10.0 Å². The van der Waals surface area contributed by atoms with E-state index < -0.39 is 10.0 Å². The van der Waals surface area contributed by atoms with Gasteiger partial charge in [0.2, 0.25) is 5.95 Å². The van der Waals surface area contributed by atoms with Crippen LogP contribution in [0.4, 0.5) is 11.6 Å². The number of rotatable bonds is 7. The lowest BCUT2D eigenvalue weighted by molar-refractivity contribution is 0.102. The Kier molecular flexibility index (Phi) is 6.55. The van der Waals surface area contributed by atoms with Gasteiger partial charge in [0, 0.05) is 17.1 Å². The van der Waals surface area contributed by atoms with E-state index in [1.165, 1.54) is 24.3 Å². The number of hydrogen-bond acceptors (Lipinski definition) is 6. The highest BCUT2D eigenvalue weighted by atomic mass is 32.2. The Balaban J connectivity index is 1.48. The Hall–Kier alpha value is -4.24. The number of amides is 1. The van der Waals surface area contributed by atoms with Crippen LogP contribution in [0.5, 0.6) is 11.5 Å². The summed E-state index contributed by atoms with van der Waals surface area (Å²) in [5.74, 6) is 0.634. The van der Waals surface area contributed by atoms with Crippen LogP contribution < -0.4 is 14.8 Å². The number of nitrogens with one attached hydrogen (secondary N) is 2. The number of carbonyl (C=O) groups is 1. The Labute approximate surface area is 197 Å². The maximum absolute atomic E-state index is 12.9. The minimum Gasteiger partial charge on any atom is -0.457 e. The van der Waals surface area contributed by atoms with Crippen molar-refractivity contribution >= 4 is 27.6 Å². The van der Waals surface area contributed by atoms with Crippen molar-refractivity contribution < 1.29 is 17.9 Å². The van der Waals surface area contributed by atoms with Crippen molar-refractivity contribution in [3.63, 3.8) is 0 Å². The highest BCUT2D eigenvalue weighted by molar-refractivity contribution is 7.92. The van der Waals surface area contributed by atoms with Crippen molar-refractivity contribution in [3.8, 4) is 11.5 Å². The van der Waals surface area contributed by atoms with E-state index in [2.05, 4.69) is 20.0 Å². The molecule has 0 fully saturated rings. The molecule has 0 radical (unpaired) electrons. The Morgan fingerprint density at radius 2 is 1.44 bits per heavy atom. The third-order valence-corrected chi connectivity index (χ3v) is 6.08. The van der Waals surface area contributed by atoms with Gasteiger partial charge in [0.25, 0.3) is 15.9 Å². The lowest BCUT2D eigenvalue weighted by atomic mass is 10.2. The minimum atomic E-state index is -3.89. The zero-order valence-corrected chi connectivity index (χ0v) is 19.3. The van der Waals surface area contributed by atoms with Gasteiger partial charge in [0.15, 0.2) is 0 Å². The van der Waals surface area contributed by atoms with Gasteiger partial charge in [-0.2, -0.15) is 0 Å². The first-order chi connectivity index (χ1) is 16.3. The molecule has 3 aromatic carbocycles. The van der Waals surface area contributed by atoms with Gasteiger partial charge < -0.3 is 10.1 Å². The summed E-state index contributed by atoms with van der Waals surface area (Å²) in [6.07, 6.45) is 0. The molecule has 4 aromatic rings. The second-order valence-corrected chi connectivity index (χ2v) is 9.15. The average molecular weight is 475 g/mol. The van der Waals surface area contributed by atoms with Gasteiger partial charge in [0.1, 0.15) is 11.5 Å². The largest absolute Gasteiger partial charge is 0.457 e. The van der Waals surface area contributed by atoms with E-state index in [9.17, 15) is 13.2 Å². The van der Waals surface area contributed by atoms with Crippen LogP contribution in [0.1, 0.15) is 21.7 Å². The van der Waals surface area contributed by atoms with Gasteiger partial charge in [-0.05, 0) is 68.4 Å². The Morgan fingerprint density at radius 1 is 0.824 bits per heavy atom. The molecule has 8 nitrogen and oxygen atoms in total. The molecule has 1 amide bonds. The molecule has 0 saturated heterocycles. The van der Waals surface area contributed by atoms with Crippen molar-refractivity contribution in [2.75, 3.05) is 10.0 Å². The van der Waals surface area contributed by atoms with Gasteiger partial charge in [-0.25, -0.2) is 23.1 Å². The molecule has 1 heterocycles. The molecule has 0 aliphatic carbocycles. The van der Waals surface area contributed by atoms with E-state index in [4.69, 9.17) is 4.74 Å². The summed E-state index contributed by atoms with van der Waals surface area (Å²) >= 11 is 0. The van der Waals surface area contributed by atoms with Crippen molar-refractivity contribution in [1.82, 2.24) is 9.97 Å². The van der Waals surface area contributed by atoms with Crippen molar-refractivity contribution in [1.29, 1.82) is 0 Å². The number of benzene rings is 3. The number of aromatic nitrogens is 2. The summed E-state index contributed by atoms with van der Waals surface area (Å²) in [7, 11) is -3.89. The number of para-hydroxylation sites is 2. The van der Waals surface area contributed by atoms with Crippen LogP contribution in [-0.4, -0.2) is 24.3 Å². The molecule has 0 aliphatic heterocycles. The highest BCUT2D eigenvalue weighted by Gasteiger charge is 2.17. The quantitative estimate of drug-likeness (QED) is 0.393. The fourth-order valence-corrected chi connectivity index (χ4v) is 4.17. The molecule has 0 bridgehead atoms. The summed E-state index contributed by atoms with van der Waals surface area (Å²) in [6.45, 7) is 3.51. The molecule has 0 atom stereocenters. The summed E-state index contributed by atoms with van der Waals surface area (Å²) in [5, 5.41) is 2.77. The zero-order chi connectivity index (χ0) is 24.1. The first-order valence-corrected chi connectivity index (χ1v) is 11.9. The van der Waals surface area contributed by atoms with E-state index >= 15 is 0 Å². The van der Waals surface area contributed by atoms with Gasteiger partial charge in [0.05, 0.1) is 10.5 Å².